The molecule has 1 heterocycles. The smallest absolute Gasteiger partial charge is 0.208 e. The average molecular weight is 819 g/mol. The number of hydrogen-bond acceptors (Lipinski definition) is 18. The molecule has 1 aromatic heterocycles. The van der Waals surface area contributed by atoms with Crippen LogP contribution in [0.3, 0.4) is 0 Å². The molecule has 0 fully saturated rings. The van der Waals surface area contributed by atoms with Gasteiger partial charge >= 0.3 is 0 Å². The summed E-state index contributed by atoms with van der Waals surface area (Å²) in [5.41, 5.74) is -4.63. The normalized spacial score (nSPS) is 11.8. The fourth-order valence-corrected chi connectivity index (χ4v) is 7.87. The first-order chi connectivity index (χ1) is 28.4. The van der Waals surface area contributed by atoms with E-state index in [0.29, 0.717) is 21.9 Å². The summed E-state index contributed by atoms with van der Waals surface area (Å²) < 4.78 is 6.08. The van der Waals surface area contributed by atoms with Gasteiger partial charge in [-0.05, 0) is 40.6 Å². The maximum absolute atomic E-state index is 11.6. The van der Waals surface area contributed by atoms with E-state index in [9.17, 15) is 86.8 Å². The lowest BCUT2D eigenvalue weighted by Gasteiger charge is -2.24. The van der Waals surface area contributed by atoms with Gasteiger partial charge in [0, 0.05) is 43.4 Å². The van der Waals surface area contributed by atoms with E-state index >= 15 is 0 Å². The highest BCUT2D eigenvalue weighted by Gasteiger charge is 2.38. The molecule has 18 nitrogen and oxygen atoms in total. The Morgan fingerprint density at radius 3 is 1.05 bits per heavy atom. The molecule has 0 unspecified atom stereocenters. The quantitative estimate of drug-likeness (QED) is 0.0482. The molecule has 18 heteroatoms. The maximum atomic E-state index is 11.6. The Hall–Kier alpha value is -9.06. The van der Waals surface area contributed by atoms with Crippen LogP contribution < -0.4 is 0 Å². The largest absolute Gasteiger partial charge is 0.504 e. The van der Waals surface area contributed by atoms with Gasteiger partial charge in [-0.3, -0.25) is 0 Å². The number of fused-ring (bicyclic) bond motifs is 6. The SMILES string of the molecule is Oc1c(O)c(O)c(-c2c(O)c(O)c(-c3c4c(O)c(O)c(O)c(O)c4c(-c4ccc5oc6cc7ccccc7cc6c5c4)c4c(O)c(O)c(O)c(O)c34)c(O)c2O)c(O)c1O. The zero-order valence-corrected chi connectivity index (χ0v) is 29.7. The lowest BCUT2D eigenvalue weighted by molar-refractivity contribution is 0.329. The van der Waals surface area contributed by atoms with Crippen LogP contribution in [-0.2, 0) is 0 Å². The molecule has 0 saturated heterocycles. The lowest BCUT2D eigenvalue weighted by atomic mass is 9.82. The third-order valence-corrected chi connectivity index (χ3v) is 10.7. The first kappa shape index (κ1) is 36.6. The number of phenols is 17. The van der Waals surface area contributed by atoms with Crippen molar-refractivity contribution >= 4 is 54.3 Å². The van der Waals surface area contributed by atoms with Crippen LogP contribution in [0.15, 0.2) is 59.0 Å². The van der Waals surface area contributed by atoms with Gasteiger partial charge in [0.15, 0.2) is 57.5 Å². The molecule has 9 rings (SSSR count). The van der Waals surface area contributed by atoms with Crippen LogP contribution >= 0.6 is 0 Å². The first-order valence-electron chi connectivity index (χ1n) is 17.2. The second kappa shape index (κ2) is 12.0. The lowest BCUT2D eigenvalue weighted by Crippen LogP contribution is -1.96. The molecule has 0 spiro atoms. The van der Waals surface area contributed by atoms with Gasteiger partial charge in [-0.1, -0.05) is 30.3 Å². The first-order valence-corrected chi connectivity index (χ1v) is 17.2. The molecular formula is C42H26O18. The van der Waals surface area contributed by atoms with Gasteiger partial charge in [0.25, 0.3) is 0 Å². The minimum absolute atomic E-state index is 0.0353. The fraction of sp³-hybridized carbons (Fsp3) is 0. The third kappa shape index (κ3) is 4.45. The van der Waals surface area contributed by atoms with Crippen LogP contribution in [0, 0.1) is 0 Å². The minimum Gasteiger partial charge on any atom is -0.504 e. The Balaban J connectivity index is 1.49. The standard InChI is InChI=1S/C42H26O18/c43-26-19-17(12-5-6-15-13(8-12)14-7-10-3-1-2-4-11(10)9-16(14)60-15)20-22(29(46)39(56)37(54)27(20)44)18(21(19)28(45)38(55)36(26)53)23-30(47)32(49)24(33(50)31(23)48)25-34(51)40(57)42(59)41(58)35(25)52/h1-9,43-59H. The average Bonchev–Trinajstić information content (AvgIpc) is 3.60. The second-order valence-electron chi connectivity index (χ2n) is 13.8. The van der Waals surface area contributed by atoms with Gasteiger partial charge in [-0.15, -0.1) is 0 Å². The van der Waals surface area contributed by atoms with E-state index in [1.54, 1.807) is 6.07 Å². The van der Waals surface area contributed by atoms with E-state index < -0.39 is 147 Å². The molecule has 17 N–H and O–H groups in total. The van der Waals surface area contributed by atoms with Gasteiger partial charge < -0.3 is 91.2 Å². The van der Waals surface area contributed by atoms with Gasteiger partial charge in [-0.2, -0.15) is 0 Å². The van der Waals surface area contributed by atoms with Crippen molar-refractivity contribution in [1.82, 2.24) is 0 Å². The monoisotopic (exact) mass is 818 g/mol. The highest BCUT2D eigenvalue weighted by atomic mass is 16.4. The molecule has 0 aliphatic rings. The predicted octanol–water partition coefficient (Wildman–Crippen LogP) is 7.04. The summed E-state index contributed by atoms with van der Waals surface area (Å²) in [7, 11) is 0. The molecule has 302 valence electrons. The molecule has 0 aliphatic heterocycles. The van der Waals surface area contributed by atoms with Crippen molar-refractivity contribution in [3.05, 3.63) is 54.6 Å². The van der Waals surface area contributed by atoms with Gasteiger partial charge in [0.2, 0.25) is 40.2 Å². The fourth-order valence-electron chi connectivity index (χ4n) is 7.87. The molecule has 0 amide bonds. The van der Waals surface area contributed by atoms with E-state index in [1.165, 1.54) is 18.2 Å². The molecule has 60 heavy (non-hydrogen) atoms. The number of benzene rings is 8. The molecule has 9 aromatic rings. The molecule has 0 radical (unpaired) electrons. The molecule has 0 aliphatic carbocycles. The van der Waals surface area contributed by atoms with Crippen molar-refractivity contribution in [2.75, 3.05) is 0 Å². The Labute approximate surface area is 330 Å². The second-order valence-corrected chi connectivity index (χ2v) is 13.8. The van der Waals surface area contributed by atoms with Crippen molar-refractivity contribution in [2.24, 2.45) is 0 Å². The summed E-state index contributed by atoms with van der Waals surface area (Å²) in [4.78, 5) is 0. The Morgan fingerprint density at radius 1 is 0.267 bits per heavy atom. The molecule has 8 aromatic carbocycles. The number of hydrogen-bond donors (Lipinski definition) is 17. The summed E-state index contributed by atoms with van der Waals surface area (Å²) in [6, 6.07) is 15.2. The van der Waals surface area contributed by atoms with Crippen molar-refractivity contribution in [3.63, 3.8) is 0 Å². The number of rotatable bonds is 3. The van der Waals surface area contributed by atoms with Crippen molar-refractivity contribution in [2.45, 2.75) is 0 Å². The van der Waals surface area contributed by atoms with Gasteiger partial charge in [-0.25, -0.2) is 0 Å². The van der Waals surface area contributed by atoms with E-state index in [-0.39, 0.29) is 5.56 Å². The predicted molar refractivity (Wildman–Crippen MR) is 211 cm³/mol. The summed E-state index contributed by atoms with van der Waals surface area (Å²) in [5, 5.41) is 187. The highest BCUT2D eigenvalue weighted by Crippen LogP contribution is 2.67. The van der Waals surface area contributed by atoms with Crippen LogP contribution in [-0.4, -0.2) is 86.8 Å². The Morgan fingerprint density at radius 2 is 0.600 bits per heavy atom. The molecule has 0 bridgehead atoms. The van der Waals surface area contributed by atoms with E-state index in [4.69, 9.17) is 4.42 Å². The van der Waals surface area contributed by atoms with Crippen molar-refractivity contribution in [1.29, 1.82) is 0 Å². The number of aromatic hydroxyl groups is 17. The molecule has 0 saturated carbocycles. The van der Waals surface area contributed by atoms with Crippen LogP contribution in [0.1, 0.15) is 0 Å². The summed E-state index contributed by atoms with van der Waals surface area (Å²) in [6.07, 6.45) is 0. The van der Waals surface area contributed by atoms with E-state index in [0.717, 1.165) is 10.8 Å². The zero-order chi connectivity index (χ0) is 43.1. The van der Waals surface area contributed by atoms with E-state index in [1.807, 2.05) is 30.3 Å². The Kier molecular flexibility index (Phi) is 7.30. The van der Waals surface area contributed by atoms with Crippen molar-refractivity contribution in [3.8, 4) is 131 Å². The Bertz CT molecular complexity index is 3320. The van der Waals surface area contributed by atoms with E-state index in [2.05, 4.69) is 0 Å². The minimum atomic E-state index is -1.61. The topological polar surface area (TPSA) is 357 Å². The number of furan rings is 1. The summed E-state index contributed by atoms with van der Waals surface area (Å²) in [6.45, 7) is 0. The van der Waals surface area contributed by atoms with Gasteiger partial charge in [0.05, 0.1) is 16.7 Å². The maximum Gasteiger partial charge on any atom is 0.208 e. The van der Waals surface area contributed by atoms with Crippen molar-refractivity contribution < 1.29 is 91.2 Å². The summed E-state index contributed by atoms with van der Waals surface area (Å²) in [5.74, 6) is -24.8. The third-order valence-electron chi connectivity index (χ3n) is 10.7. The van der Waals surface area contributed by atoms with Crippen LogP contribution in [0.2, 0.25) is 0 Å². The highest BCUT2D eigenvalue weighted by molar-refractivity contribution is 6.30. The molecular weight excluding hydrogens is 792 g/mol. The van der Waals surface area contributed by atoms with Gasteiger partial charge in [0.1, 0.15) is 11.2 Å². The van der Waals surface area contributed by atoms with Crippen LogP contribution in [0.25, 0.3) is 87.6 Å². The summed E-state index contributed by atoms with van der Waals surface area (Å²) >= 11 is 0. The number of phenolic OH excluding ortho intramolecular Hbond substituents is 17. The van der Waals surface area contributed by atoms with Crippen LogP contribution in [0.5, 0.6) is 97.7 Å². The molecule has 0 atom stereocenters. The van der Waals surface area contributed by atoms with Crippen LogP contribution in [0.4, 0.5) is 0 Å². The zero-order valence-electron chi connectivity index (χ0n) is 29.7.